The Balaban J connectivity index is 1.89. The van der Waals surface area contributed by atoms with Gasteiger partial charge in [0, 0.05) is 6.21 Å². The number of halogens is 1. The van der Waals surface area contributed by atoms with Crippen LogP contribution in [0.4, 0.5) is 4.39 Å². The van der Waals surface area contributed by atoms with Gasteiger partial charge in [0.25, 0.3) is 0 Å². The lowest BCUT2D eigenvalue weighted by Crippen LogP contribution is -2.38. The zero-order valence-electron chi connectivity index (χ0n) is 16.8. The summed E-state index contributed by atoms with van der Waals surface area (Å²) in [6.07, 6.45) is -1.08. The smallest absolute Gasteiger partial charge is 0.467 e. The third kappa shape index (κ3) is 4.75. The zero-order valence-corrected chi connectivity index (χ0v) is 16.8. The molecule has 9 heteroatoms. The van der Waals surface area contributed by atoms with Gasteiger partial charge in [0.15, 0.2) is 12.2 Å². The molecule has 156 valence electrons. The molecule has 0 aliphatic carbocycles. The van der Waals surface area contributed by atoms with Crippen LogP contribution >= 0.6 is 0 Å². The molecule has 2 aromatic rings. The van der Waals surface area contributed by atoms with E-state index in [1.54, 1.807) is 6.21 Å². The summed E-state index contributed by atoms with van der Waals surface area (Å²) < 4.78 is 34.5. The van der Waals surface area contributed by atoms with E-state index < -0.39 is 37.1 Å². The third-order valence-electron chi connectivity index (χ3n) is 4.70. The van der Waals surface area contributed by atoms with Crippen LogP contribution in [0.15, 0.2) is 53.5 Å². The minimum atomic E-state index is -1.33. The van der Waals surface area contributed by atoms with Crippen molar-refractivity contribution < 1.29 is 32.8 Å². The highest BCUT2D eigenvalue weighted by molar-refractivity contribution is 6.63. The van der Waals surface area contributed by atoms with Gasteiger partial charge in [-0.25, -0.2) is 14.0 Å². The number of carbonyl (C=O) groups excluding carboxylic acids is 2. The minimum Gasteiger partial charge on any atom is -0.467 e. The number of ether oxygens (including phenoxy) is 2. The van der Waals surface area contributed by atoms with E-state index in [9.17, 15) is 14.0 Å². The van der Waals surface area contributed by atoms with Crippen LogP contribution in [-0.2, 0) is 28.4 Å². The number of hydrogen-bond acceptors (Lipinski definition) is 7. The maximum Gasteiger partial charge on any atom is 0.496 e. The number of methoxy groups -OCH3 is 2. The van der Waals surface area contributed by atoms with Crippen molar-refractivity contribution in [2.75, 3.05) is 14.2 Å². The first-order chi connectivity index (χ1) is 14.4. The Labute approximate surface area is 173 Å². The second kappa shape index (κ2) is 9.64. The second-order valence-electron chi connectivity index (χ2n) is 6.63. The fourth-order valence-corrected chi connectivity index (χ4v) is 3.06. The molecule has 1 aliphatic rings. The normalized spacial score (nSPS) is 19.7. The van der Waals surface area contributed by atoms with Crippen molar-refractivity contribution in [3.63, 3.8) is 0 Å². The Morgan fingerprint density at radius 1 is 1.07 bits per heavy atom. The SMILES string of the molecule is COC(=O)[C@H]1OB(c2cc(F)ccc2C=N[C@H](C)c2ccccc2)O[C@@H]1C(=O)OC. The van der Waals surface area contributed by atoms with Gasteiger partial charge in [-0.05, 0) is 35.6 Å². The Hall–Kier alpha value is -3.04. The lowest BCUT2D eigenvalue weighted by molar-refractivity contribution is -0.160. The molecule has 1 saturated heterocycles. The molecule has 1 aliphatic heterocycles. The molecule has 3 rings (SSSR count). The summed E-state index contributed by atoms with van der Waals surface area (Å²) in [5.41, 5.74) is 1.83. The molecular formula is C21H21BFNO6. The van der Waals surface area contributed by atoms with Gasteiger partial charge in [0.2, 0.25) is 0 Å². The average Bonchev–Trinajstić information content (AvgIpc) is 3.22. The van der Waals surface area contributed by atoms with Gasteiger partial charge in [-0.1, -0.05) is 36.4 Å². The number of rotatable bonds is 6. The molecule has 0 amide bonds. The summed E-state index contributed by atoms with van der Waals surface area (Å²) in [6.45, 7) is 1.93. The molecule has 0 bridgehead atoms. The predicted molar refractivity (Wildman–Crippen MR) is 108 cm³/mol. The highest BCUT2D eigenvalue weighted by Gasteiger charge is 2.50. The highest BCUT2D eigenvalue weighted by atomic mass is 19.1. The first kappa shape index (κ1) is 21.7. The van der Waals surface area contributed by atoms with Gasteiger partial charge in [-0.3, -0.25) is 4.99 Å². The van der Waals surface area contributed by atoms with Crippen molar-refractivity contribution >= 4 is 30.7 Å². The Morgan fingerprint density at radius 3 is 2.23 bits per heavy atom. The van der Waals surface area contributed by atoms with E-state index in [0.717, 1.165) is 5.56 Å². The van der Waals surface area contributed by atoms with E-state index in [2.05, 4.69) is 14.5 Å². The van der Waals surface area contributed by atoms with Crippen LogP contribution in [0.2, 0.25) is 0 Å². The lowest BCUT2D eigenvalue weighted by Gasteiger charge is -2.13. The second-order valence-corrected chi connectivity index (χ2v) is 6.63. The molecule has 1 heterocycles. The third-order valence-corrected chi connectivity index (χ3v) is 4.70. The summed E-state index contributed by atoms with van der Waals surface area (Å²) in [5.74, 6) is -2.11. The van der Waals surface area contributed by atoms with Crippen molar-refractivity contribution in [3.8, 4) is 0 Å². The molecule has 0 N–H and O–H groups in total. The Bertz CT molecular complexity index is 914. The predicted octanol–water partition coefficient (Wildman–Crippen LogP) is 1.83. The van der Waals surface area contributed by atoms with Crippen LogP contribution in [0.1, 0.15) is 24.1 Å². The number of benzene rings is 2. The maximum absolute atomic E-state index is 14.0. The van der Waals surface area contributed by atoms with Crippen molar-refractivity contribution in [1.29, 1.82) is 0 Å². The number of hydrogen-bond donors (Lipinski definition) is 0. The lowest BCUT2D eigenvalue weighted by atomic mass is 9.76. The van der Waals surface area contributed by atoms with Crippen molar-refractivity contribution in [1.82, 2.24) is 0 Å². The molecule has 0 unspecified atom stereocenters. The molecule has 30 heavy (non-hydrogen) atoms. The molecule has 0 radical (unpaired) electrons. The molecular weight excluding hydrogens is 392 g/mol. The summed E-state index contributed by atoms with van der Waals surface area (Å²) in [5, 5.41) is 0. The van der Waals surface area contributed by atoms with E-state index >= 15 is 0 Å². The van der Waals surface area contributed by atoms with E-state index in [-0.39, 0.29) is 6.04 Å². The van der Waals surface area contributed by atoms with Gasteiger partial charge < -0.3 is 18.8 Å². The molecule has 2 aromatic carbocycles. The topological polar surface area (TPSA) is 83.4 Å². The average molecular weight is 413 g/mol. The number of nitrogens with zero attached hydrogens (tertiary/aromatic N) is 1. The number of aliphatic imine (C=N–C) groups is 1. The van der Waals surface area contributed by atoms with Crippen LogP contribution in [-0.4, -0.2) is 51.7 Å². The van der Waals surface area contributed by atoms with Crippen molar-refractivity contribution in [2.45, 2.75) is 25.2 Å². The van der Waals surface area contributed by atoms with Gasteiger partial charge in [0.1, 0.15) is 5.82 Å². The zero-order chi connectivity index (χ0) is 21.7. The molecule has 0 spiro atoms. The highest BCUT2D eigenvalue weighted by Crippen LogP contribution is 2.21. The Morgan fingerprint density at radius 2 is 1.67 bits per heavy atom. The van der Waals surface area contributed by atoms with Gasteiger partial charge >= 0.3 is 19.1 Å². The molecule has 3 atom stereocenters. The van der Waals surface area contributed by atoms with E-state index in [4.69, 9.17) is 9.31 Å². The van der Waals surface area contributed by atoms with Crippen LogP contribution in [0.5, 0.6) is 0 Å². The van der Waals surface area contributed by atoms with Crippen molar-refractivity contribution in [3.05, 3.63) is 65.5 Å². The fraction of sp³-hybridized carbons (Fsp3) is 0.286. The summed E-state index contributed by atoms with van der Waals surface area (Å²) >= 11 is 0. The molecule has 7 nitrogen and oxygen atoms in total. The monoisotopic (exact) mass is 413 g/mol. The number of carbonyl (C=O) groups is 2. The van der Waals surface area contributed by atoms with Crippen LogP contribution < -0.4 is 5.46 Å². The van der Waals surface area contributed by atoms with Crippen LogP contribution in [0.25, 0.3) is 0 Å². The van der Waals surface area contributed by atoms with E-state index in [1.165, 1.54) is 32.4 Å². The van der Waals surface area contributed by atoms with Gasteiger partial charge in [0.05, 0.1) is 20.3 Å². The quantitative estimate of drug-likeness (QED) is 0.408. The minimum absolute atomic E-state index is 0.139. The van der Waals surface area contributed by atoms with Crippen LogP contribution in [0, 0.1) is 5.82 Å². The van der Waals surface area contributed by atoms with E-state index in [1.807, 2.05) is 37.3 Å². The first-order valence-electron chi connectivity index (χ1n) is 9.28. The molecule has 0 aromatic heterocycles. The van der Waals surface area contributed by atoms with E-state index in [0.29, 0.717) is 11.0 Å². The first-order valence-corrected chi connectivity index (χ1v) is 9.28. The standard InChI is InChI=1S/C21H21BFNO6/c1-13(14-7-5-4-6-8-14)24-12-15-9-10-16(23)11-17(15)22-29-18(20(25)27-2)19(30-22)21(26)28-3/h4-13,18-19H,1-3H3/t13-,18+,19+/m1/s1. The largest absolute Gasteiger partial charge is 0.496 e. The van der Waals surface area contributed by atoms with Gasteiger partial charge in [-0.15, -0.1) is 0 Å². The van der Waals surface area contributed by atoms with Crippen LogP contribution in [0.3, 0.4) is 0 Å². The summed E-state index contributed by atoms with van der Waals surface area (Å²) in [6, 6.07) is 13.6. The maximum atomic E-state index is 14.0. The molecule has 1 fully saturated rings. The fourth-order valence-electron chi connectivity index (χ4n) is 3.06. The van der Waals surface area contributed by atoms with Crippen molar-refractivity contribution in [2.24, 2.45) is 4.99 Å². The molecule has 0 saturated carbocycles. The Kier molecular flexibility index (Phi) is 6.97. The summed E-state index contributed by atoms with van der Waals surface area (Å²) in [7, 11) is 1.15. The summed E-state index contributed by atoms with van der Waals surface area (Å²) in [4.78, 5) is 28.5. The number of esters is 2. The van der Waals surface area contributed by atoms with Gasteiger partial charge in [-0.2, -0.15) is 0 Å².